The van der Waals surface area contributed by atoms with E-state index in [1.165, 1.54) is 10.9 Å². The molecule has 1 atom stereocenters. The molecular weight excluding hydrogens is 314 g/mol. The minimum absolute atomic E-state index is 0.0707. The van der Waals surface area contributed by atoms with Crippen LogP contribution in [0.2, 0.25) is 0 Å². The summed E-state index contributed by atoms with van der Waals surface area (Å²) in [6.45, 7) is 0.722. The molecule has 1 aromatic heterocycles. The summed E-state index contributed by atoms with van der Waals surface area (Å²) in [6, 6.07) is 14.1. The zero-order valence-electron chi connectivity index (χ0n) is 14.2. The van der Waals surface area contributed by atoms with Gasteiger partial charge in [-0.25, -0.2) is 0 Å². The number of rotatable bonds is 1. The predicted molar refractivity (Wildman–Crippen MR) is 97.2 cm³/mol. The van der Waals surface area contributed by atoms with Crippen LogP contribution in [0.25, 0.3) is 10.9 Å². The van der Waals surface area contributed by atoms with Crippen molar-refractivity contribution in [2.45, 2.75) is 12.6 Å². The highest BCUT2D eigenvalue weighted by Gasteiger charge is 2.41. The van der Waals surface area contributed by atoms with E-state index in [-0.39, 0.29) is 12.1 Å². The number of hydrogen-bond acceptors (Lipinski definition) is 3. The topological polar surface area (TPSA) is 48.6 Å². The number of aromatic amines is 1. The molecule has 3 aromatic rings. The van der Waals surface area contributed by atoms with Crippen molar-refractivity contribution < 1.29 is 9.53 Å². The second-order valence-corrected chi connectivity index (χ2v) is 6.68. The van der Waals surface area contributed by atoms with Crippen molar-refractivity contribution in [3.8, 4) is 5.75 Å². The van der Waals surface area contributed by atoms with Crippen molar-refractivity contribution in [1.29, 1.82) is 0 Å². The summed E-state index contributed by atoms with van der Waals surface area (Å²) in [5, 5.41) is 1.26. The maximum atomic E-state index is 13.1. The first-order chi connectivity index (χ1) is 12.2. The lowest BCUT2D eigenvalue weighted by Crippen LogP contribution is -2.51. The standard InChI is InChI=1S/C20H19N3O2/c1-22-17-8-7-12(25-2)11-15(17)20(24)23-10-9-14-13-5-3-4-6-16(13)21-18(14)19(22)23/h3-8,11,19,21H,9-10H2,1-2H3/t19-/m0/s1. The average molecular weight is 333 g/mol. The van der Waals surface area contributed by atoms with E-state index in [0.29, 0.717) is 11.3 Å². The molecule has 2 aromatic carbocycles. The molecular formula is C20H19N3O2. The van der Waals surface area contributed by atoms with Gasteiger partial charge in [-0.15, -0.1) is 0 Å². The van der Waals surface area contributed by atoms with Gasteiger partial charge < -0.3 is 19.5 Å². The molecule has 0 bridgehead atoms. The Morgan fingerprint density at radius 3 is 2.88 bits per heavy atom. The molecule has 126 valence electrons. The number of carbonyl (C=O) groups excluding carboxylic acids is 1. The highest BCUT2D eigenvalue weighted by molar-refractivity contribution is 6.03. The van der Waals surface area contributed by atoms with Gasteiger partial charge >= 0.3 is 0 Å². The zero-order valence-corrected chi connectivity index (χ0v) is 14.2. The Kier molecular flexibility index (Phi) is 2.89. The third-order valence-corrected chi connectivity index (χ3v) is 5.44. The number of aromatic nitrogens is 1. The average Bonchev–Trinajstić information content (AvgIpc) is 3.03. The molecule has 2 aliphatic heterocycles. The second kappa shape index (κ2) is 5.02. The number of ether oxygens (including phenoxy) is 1. The number of anilines is 1. The van der Waals surface area contributed by atoms with Crippen molar-refractivity contribution in [3.63, 3.8) is 0 Å². The molecule has 0 aliphatic carbocycles. The van der Waals surface area contributed by atoms with Crippen LogP contribution in [0, 0.1) is 0 Å². The highest BCUT2D eigenvalue weighted by Crippen LogP contribution is 2.43. The van der Waals surface area contributed by atoms with Crippen LogP contribution in [-0.2, 0) is 6.42 Å². The Labute approximate surface area is 145 Å². The lowest BCUT2D eigenvalue weighted by atomic mass is 9.96. The van der Waals surface area contributed by atoms with E-state index in [1.54, 1.807) is 7.11 Å². The van der Waals surface area contributed by atoms with Crippen molar-refractivity contribution in [2.24, 2.45) is 0 Å². The Balaban J connectivity index is 1.70. The summed E-state index contributed by atoms with van der Waals surface area (Å²) in [4.78, 5) is 20.8. The van der Waals surface area contributed by atoms with Crippen LogP contribution in [0.5, 0.6) is 5.75 Å². The first kappa shape index (κ1) is 14.4. The number of nitrogens with zero attached hydrogens (tertiary/aromatic N) is 2. The molecule has 5 heteroatoms. The molecule has 0 radical (unpaired) electrons. The second-order valence-electron chi connectivity index (χ2n) is 6.68. The predicted octanol–water partition coefficient (Wildman–Crippen LogP) is 3.32. The number of para-hydroxylation sites is 1. The van der Waals surface area contributed by atoms with Gasteiger partial charge in [-0.3, -0.25) is 4.79 Å². The van der Waals surface area contributed by atoms with Crippen molar-refractivity contribution in [2.75, 3.05) is 25.6 Å². The molecule has 0 saturated carbocycles. The minimum atomic E-state index is -0.0930. The van der Waals surface area contributed by atoms with Crippen LogP contribution in [0.4, 0.5) is 5.69 Å². The summed E-state index contributed by atoms with van der Waals surface area (Å²) in [5.41, 5.74) is 5.24. The molecule has 1 N–H and O–H groups in total. The minimum Gasteiger partial charge on any atom is -0.497 e. The number of hydrogen-bond donors (Lipinski definition) is 1. The lowest BCUT2D eigenvalue weighted by molar-refractivity contribution is 0.0634. The number of methoxy groups -OCH3 is 1. The first-order valence-electron chi connectivity index (χ1n) is 8.50. The Hall–Kier alpha value is -2.95. The van der Waals surface area contributed by atoms with Crippen LogP contribution < -0.4 is 9.64 Å². The van der Waals surface area contributed by atoms with Gasteiger partial charge in [0.15, 0.2) is 0 Å². The van der Waals surface area contributed by atoms with Gasteiger partial charge in [0, 0.05) is 24.5 Å². The summed E-state index contributed by atoms with van der Waals surface area (Å²) < 4.78 is 5.30. The van der Waals surface area contributed by atoms with Gasteiger partial charge in [-0.05, 0) is 36.2 Å². The van der Waals surface area contributed by atoms with Crippen LogP contribution in [0.3, 0.4) is 0 Å². The van der Waals surface area contributed by atoms with E-state index in [2.05, 4.69) is 35.1 Å². The fourth-order valence-corrected chi connectivity index (χ4v) is 4.24. The van der Waals surface area contributed by atoms with Crippen molar-refractivity contribution in [1.82, 2.24) is 9.88 Å². The Morgan fingerprint density at radius 1 is 1.20 bits per heavy atom. The van der Waals surface area contributed by atoms with Crippen LogP contribution in [0.1, 0.15) is 27.8 Å². The van der Waals surface area contributed by atoms with Crippen molar-refractivity contribution in [3.05, 3.63) is 59.3 Å². The van der Waals surface area contributed by atoms with E-state index in [1.807, 2.05) is 29.2 Å². The number of H-pyrrole nitrogens is 1. The molecule has 25 heavy (non-hydrogen) atoms. The van der Waals surface area contributed by atoms with E-state index >= 15 is 0 Å². The van der Waals surface area contributed by atoms with Gasteiger partial charge in [0.25, 0.3) is 5.91 Å². The van der Waals surface area contributed by atoms with Crippen LogP contribution in [-0.4, -0.2) is 36.5 Å². The molecule has 3 heterocycles. The van der Waals surface area contributed by atoms with E-state index in [0.717, 1.165) is 29.9 Å². The summed E-state index contributed by atoms with van der Waals surface area (Å²) in [6.07, 6.45) is 0.777. The molecule has 1 amide bonds. The van der Waals surface area contributed by atoms with Crippen LogP contribution in [0.15, 0.2) is 42.5 Å². The number of fused-ring (bicyclic) bond motifs is 6. The summed E-state index contributed by atoms with van der Waals surface area (Å²) in [5.74, 6) is 0.781. The highest BCUT2D eigenvalue weighted by atomic mass is 16.5. The largest absolute Gasteiger partial charge is 0.497 e. The fraction of sp³-hybridized carbons (Fsp3) is 0.250. The molecule has 2 aliphatic rings. The molecule has 0 saturated heterocycles. The maximum Gasteiger partial charge on any atom is 0.258 e. The van der Waals surface area contributed by atoms with Crippen molar-refractivity contribution >= 4 is 22.5 Å². The van der Waals surface area contributed by atoms with Crippen LogP contribution >= 0.6 is 0 Å². The van der Waals surface area contributed by atoms with Gasteiger partial charge in [-0.2, -0.15) is 0 Å². The quantitative estimate of drug-likeness (QED) is 0.743. The van der Waals surface area contributed by atoms with E-state index in [4.69, 9.17) is 4.74 Å². The molecule has 5 rings (SSSR count). The van der Waals surface area contributed by atoms with E-state index in [9.17, 15) is 4.79 Å². The fourth-order valence-electron chi connectivity index (χ4n) is 4.24. The van der Waals surface area contributed by atoms with Gasteiger partial charge in [0.2, 0.25) is 0 Å². The van der Waals surface area contributed by atoms with E-state index < -0.39 is 0 Å². The third kappa shape index (κ3) is 1.86. The molecule has 0 fully saturated rings. The monoisotopic (exact) mass is 333 g/mol. The molecule has 0 unspecified atom stereocenters. The Morgan fingerprint density at radius 2 is 2.04 bits per heavy atom. The van der Waals surface area contributed by atoms with Gasteiger partial charge in [-0.1, -0.05) is 18.2 Å². The normalized spacial score (nSPS) is 18.8. The maximum absolute atomic E-state index is 13.1. The number of carbonyl (C=O) groups is 1. The number of nitrogens with one attached hydrogen (secondary N) is 1. The summed E-state index contributed by atoms with van der Waals surface area (Å²) >= 11 is 0. The lowest BCUT2D eigenvalue weighted by Gasteiger charge is -2.46. The number of amides is 1. The number of benzene rings is 2. The van der Waals surface area contributed by atoms with Gasteiger partial charge in [0.1, 0.15) is 11.9 Å². The third-order valence-electron chi connectivity index (χ3n) is 5.44. The Bertz CT molecular complexity index is 1010. The smallest absolute Gasteiger partial charge is 0.258 e. The SMILES string of the molecule is COc1ccc2c(c1)C(=O)N1CCc3c([nH]c4ccccc34)[C@H]1N2C. The first-order valence-corrected chi connectivity index (χ1v) is 8.50. The molecule has 0 spiro atoms. The molecule has 5 nitrogen and oxygen atoms in total. The van der Waals surface area contributed by atoms with Gasteiger partial charge in [0.05, 0.1) is 24.1 Å². The zero-order chi connectivity index (χ0) is 17.1. The summed E-state index contributed by atoms with van der Waals surface area (Å²) in [7, 11) is 3.68.